The molecule has 4 nitrogen and oxygen atoms in total. The van der Waals surface area contributed by atoms with Crippen LogP contribution in [0.2, 0.25) is 0 Å². The highest BCUT2D eigenvalue weighted by atomic mass is 32.2. The van der Waals surface area contributed by atoms with Gasteiger partial charge in [0.2, 0.25) is 0 Å². The molecule has 31 heavy (non-hydrogen) atoms. The van der Waals surface area contributed by atoms with E-state index in [1.165, 1.54) is 22.2 Å². The van der Waals surface area contributed by atoms with Crippen LogP contribution in [0, 0.1) is 11.3 Å². The molecule has 1 aliphatic rings. The Morgan fingerprint density at radius 2 is 2.06 bits per heavy atom. The lowest BCUT2D eigenvalue weighted by molar-refractivity contribution is 0.102. The number of thioether (sulfide) groups is 1. The minimum absolute atomic E-state index is 0.00808. The third-order valence-corrected chi connectivity index (χ3v) is 8.22. The normalized spacial score (nSPS) is 16.3. The van der Waals surface area contributed by atoms with Crippen LogP contribution < -0.4 is 5.56 Å². The van der Waals surface area contributed by atoms with Crippen molar-refractivity contribution in [2.24, 2.45) is 11.3 Å². The van der Waals surface area contributed by atoms with E-state index in [1.807, 2.05) is 30.3 Å². The fraction of sp³-hybridized carbons (Fsp3) is 0.400. The van der Waals surface area contributed by atoms with Gasteiger partial charge in [0.05, 0.1) is 11.1 Å². The number of aromatic nitrogens is 2. The van der Waals surface area contributed by atoms with E-state index in [4.69, 9.17) is 4.98 Å². The summed E-state index contributed by atoms with van der Waals surface area (Å²) in [4.78, 5) is 33.0. The lowest BCUT2D eigenvalue weighted by Crippen LogP contribution is -2.27. The molecular formula is C25H28N2O2S2. The van der Waals surface area contributed by atoms with E-state index in [9.17, 15) is 9.59 Å². The number of rotatable bonds is 6. The second kappa shape index (κ2) is 8.75. The first kappa shape index (κ1) is 22.0. The van der Waals surface area contributed by atoms with Crippen molar-refractivity contribution < 1.29 is 4.79 Å². The van der Waals surface area contributed by atoms with E-state index in [2.05, 4.69) is 27.4 Å². The number of benzene rings is 1. The van der Waals surface area contributed by atoms with Gasteiger partial charge in [-0.05, 0) is 36.2 Å². The van der Waals surface area contributed by atoms with Crippen LogP contribution in [0.1, 0.15) is 48.0 Å². The second-order valence-electron chi connectivity index (χ2n) is 9.17. The molecule has 0 amide bonds. The first-order chi connectivity index (χ1) is 14.8. The largest absolute Gasteiger partial charge is 0.293 e. The van der Waals surface area contributed by atoms with Crippen LogP contribution in [-0.4, -0.2) is 21.1 Å². The minimum Gasteiger partial charge on any atom is -0.293 e. The number of nitrogens with zero attached hydrogens (tertiary/aromatic N) is 2. The number of aryl methyl sites for hydroxylation is 1. The Labute approximate surface area is 191 Å². The lowest BCUT2D eigenvalue weighted by Gasteiger charge is -2.33. The Morgan fingerprint density at radius 1 is 1.32 bits per heavy atom. The van der Waals surface area contributed by atoms with Gasteiger partial charge in [0.1, 0.15) is 4.83 Å². The van der Waals surface area contributed by atoms with E-state index in [-0.39, 0.29) is 22.5 Å². The topological polar surface area (TPSA) is 52.0 Å². The number of thiophene rings is 1. The molecule has 0 spiro atoms. The molecule has 2 heterocycles. The Morgan fingerprint density at radius 3 is 2.74 bits per heavy atom. The van der Waals surface area contributed by atoms with Gasteiger partial charge in [0.15, 0.2) is 10.9 Å². The van der Waals surface area contributed by atoms with Gasteiger partial charge in [-0.3, -0.25) is 14.2 Å². The molecule has 6 heteroatoms. The number of Topliss-reactive ketones (excluding diaryl/α,β-unsaturated/α-hetero) is 1. The Hall–Kier alpha value is -2.18. The van der Waals surface area contributed by atoms with Gasteiger partial charge < -0.3 is 0 Å². The van der Waals surface area contributed by atoms with Crippen molar-refractivity contribution in [1.29, 1.82) is 0 Å². The molecule has 0 aliphatic heterocycles. The standard InChI is InChI=1S/C25H28N2O2S2/c1-5-13-27-23(29)21-18-12-11-17(25(2,3)4)14-20(18)31-22(21)26-24(27)30-15-19(28)16-9-7-6-8-10-16/h5-10,17H,1,11-15H2,2-4H3/t17-/m0/s1. The lowest BCUT2D eigenvalue weighted by atomic mass is 9.72. The SMILES string of the molecule is C=CCn1c(SCC(=O)c2ccccc2)nc2sc3c(c2c1=O)CC[C@H](C(C)(C)C)C3. The number of hydrogen-bond donors (Lipinski definition) is 0. The van der Waals surface area contributed by atoms with Crippen molar-refractivity contribution >= 4 is 39.1 Å². The molecule has 162 valence electrons. The van der Waals surface area contributed by atoms with Gasteiger partial charge in [0.25, 0.3) is 5.56 Å². The summed E-state index contributed by atoms with van der Waals surface area (Å²) < 4.78 is 1.67. The van der Waals surface area contributed by atoms with Gasteiger partial charge in [0, 0.05) is 17.0 Å². The molecular weight excluding hydrogens is 424 g/mol. The smallest absolute Gasteiger partial charge is 0.263 e. The highest BCUT2D eigenvalue weighted by molar-refractivity contribution is 7.99. The molecule has 3 aromatic rings. The fourth-order valence-corrected chi connectivity index (χ4v) is 6.46. The molecule has 1 aromatic carbocycles. The summed E-state index contributed by atoms with van der Waals surface area (Å²) in [6.45, 7) is 11.1. The highest BCUT2D eigenvalue weighted by Gasteiger charge is 2.32. The van der Waals surface area contributed by atoms with Crippen molar-refractivity contribution in [2.45, 2.75) is 51.7 Å². The summed E-state index contributed by atoms with van der Waals surface area (Å²) >= 11 is 2.99. The summed E-state index contributed by atoms with van der Waals surface area (Å²) in [5.41, 5.74) is 2.11. The third-order valence-electron chi connectivity index (χ3n) is 6.10. The zero-order valence-corrected chi connectivity index (χ0v) is 19.9. The summed E-state index contributed by atoms with van der Waals surface area (Å²) in [6.07, 6.45) is 4.76. The van der Waals surface area contributed by atoms with Crippen LogP contribution in [0.25, 0.3) is 10.2 Å². The predicted octanol–water partition coefficient (Wildman–Crippen LogP) is 5.77. The van der Waals surface area contributed by atoms with Crippen molar-refractivity contribution in [2.75, 3.05) is 5.75 Å². The molecule has 0 bridgehead atoms. The van der Waals surface area contributed by atoms with Crippen LogP contribution in [-0.2, 0) is 19.4 Å². The van der Waals surface area contributed by atoms with Crippen molar-refractivity contribution in [1.82, 2.24) is 9.55 Å². The van der Waals surface area contributed by atoms with Gasteiger partial charge in [-0.2, -0.15) is 0 Å². The predicted molar refractivity (Wildman–Crippen MR) is 131 cm³/mol. The third kappa shape index (κ3) is 4.41. The molecule has 4 rings (SSSR count). The first-order valence-corrected chi connectivity index (χ1v) is 12.5. The average molecular weight is 453 g/mol. The molecule has 1 atom stereocenters. The highest BCUT2D eigenvalue weighted by Crippen LogP contribution is 2.42. The quantitative estimate of drug-likeness (QED) is 0.206. The van der Waals surface area contributed by atoms with E-state index in [1.54, 1.807) is 22.0 Å². The molecule has 2 aromatic heterocycles. The Bertz CT molecular complexity index is 1190. The van der Waals surface area contributed by atoms with E-state index < -0.39 is 0 Å². The van der Waals surface area contributed by atoms with Crippen molar-refractivity contribution in [3.63, 3.8) is 0 Å². The molecule has 0 saturated carbocycles. The average Bonchev–Trinajstić information content (AvgIpc) is 3.12. The molecule has 0 radical (unpaired) electrons. The molecule has 0 N–H and O–H groups in total. The zero-order chi connectivity index (χ0) is 22.2. The number of fused-ring (bicyclic) bond motifs is 3. The van der Waals surface area contributed by atoms with Crippen molar-refractivity contribution in [3.8, 4) is 0 Å². The molecule has 0 saturated heterocycles. The Kier molecular flexibility index (Phi) is 6.22. The minimum atomic E-state index is -0.00808. The van der Waals surface area contributed by atoms with E-state index >= 15 is 0 Å². The Balaban J connectivity index is 1.70. The van der Waals surface area contributed by atoms with Gasteiger partial charge in [-0.15, -0.1) is 17.9 Å². The first-order valence-electron chi connectivity index (χ1n) is 10.7. The monoisotopic (exact) mass is 452 g/mol. The van der Waals surface area contributed by atoms with Gasteiger partial charge in [-0.25, -0.2) is 4.98 Å². The molecule has 1 aliphatic carbocycles. The van der Waals surface area contributed by atoms with Crippen LogP contribution >= 0.6 is 23.1 Å². The summed E-state index contributed by atoms with van der Waals surface area (Å²) in [6, 6.07) is 9.24. The fourth-order valence-electron chi connectivity index (χ4n) is 4.22. The molecule has 0 fully saturated rings. The second-order valence-corrected chi connectivity index (χ2v) is 11.2. The van der Waals surface area contributed by atoms with Crippen molar-refractivity contribution in [3.05, 3.63) is 69.3 Å². The van der Waals surface area contributed by atoms with Crippen LogP contribution in [0.5, 0.6) is 0 Å². The maximum absolute atomic E-state index is 13.4. The van der Waals surface area contributed by atoms with E-state index in [0.717, 1.165) is 29.5 Å². The van der Waals surface area contributed by atoms with Crippen LogP contribution in [0.4, 0.5) is 0 Å². The van der Waals surface area contributed by atoms with E-state index in [0.29, 0.717) is 23.2 Å². The van der Waals surface area contributed by atoms with Crippen LogP contribution in [0.15, 0.2) is 52.9 Å². The van der Waals surface area contributed by atoms with Gasteiger partial charge >= 0.3 is 0 Å². The number of carbonyl (C=O) groups is 1. The number of carbonyl (C=O) groups excluding carboxylic acids is 1. The summed E-state index contributed by atoms with van der Waals surface area (Å²) in [5, 5.41) is 1.36. The molecule has 0 unspecified atom stereocenters. The summed E-state index contributed by atoms with van der Waals surface area (Å²) in [7, 11) is 0. The number of hydrogen-bond acceptors (Lipinski definition) is 5. The van der Waals surface area contributed by atoms with Crippen LogP contribution in [0.3, 0.4) is 0 Å². The zero-order valence-electron chi connectivity index (χ0n) is 18.3. The number of allylic oxidation sites excluding steroid dienone is 1. The maximum Gasteiger partial charge on any atom is 0.263 e. The van der Waals surface area contributed by atoms with Gasteiger partial charge in [-0.1, -0.05) is 68.9 Å². The number of ketones is 1. The summed E-state index contributed by atoms with van der Waals surface area (Å²) in [5.74, 6) is 0.889. The maximum atomic E-state index is 13.4.